The fourth-order valence-corrected chi connectivity index (χ4v) is 4.22. The molecule has 2 aromatic heterocycles. The summed E-state index contributed by atoms with van der Waals surface area (Å²) in [7, 11) is 0. The van der Waals surface area contributed by atoms with Gasteiger partial charge in [0.1, 0.15) is 11.7 Å². The van der Waals surface area contributed by atoms with E-state index in [2.05, 4.69) is 10.3 Å². The van der Waals surface area contributed by atoms with Crippen LogP contribution in [0.25, 0.3) is 5.65 Å². The maximum Gasteiger partial charge on any atom is 0.278 e. The van der Waals surface area contributed by atoms with Gasteiger partial charge in [0, 0.05) is 43.4 Å². The molecule has 8 nitrogen and oxygen atoms in total. The number of anilines is 2. The van der Waals surface area contributed by atoms with Gasteiger partial charge in [0.15, 0.2) is 11.4 Å². The number of amides is 1. The summed E-state index contributed by atoms with van der Waals surface area (Å²) in [6.07, 6.45) is 0.844. The smallest absolute Gasteiger partial charge is 0.278 e. The first-order chi connectivity index (χ1) is 16.1. The predicted octanol–water partition coefficient (Wildman–Crippen LogP) is 3.38. The molecule has 0 unspecified atom stereocenters. The second-order valence-corrected chi connectivity index (χ2v) is 8.51. The maximum absolute atomic E-state index is 13.7. The maximum atomic E-state index is 13.7. The summed E-state index contributed by atoms with van der Waals surface area (Å²) >= 11 is 0. The van der Waals surface area contributed by atoms with Crippen LogP contribution >= 0.6 is 0 Å². The van der Waals surface area contributed by atoms with Crippen molar-refractivity contribution in [3.8, 4) is 6.07 Å². The van der Waals surface area contributed by atoms with Crippen molar-refractivity contribution in [1.29, 1.82) is 5.26 Å². The summed E-state index contributed by atoms with van der Waals surface area (Å²) in [5, 5.41) is 12.9. The third-order valence-electron chi connectivity index (χ3n) is 6.01. The van der Waals surface area contributed by atoms with Gasteiger partial charge in [0.25, 0.3) is 17.4 Å². The largest absolute Gasteiger partial charge is 0.378 e. The number of nitrogens with two attached hydrogens (primary N) is 1. The highest BCUT2D eigenvalue weighted by atomic mass is 19.3. The number of piperidine rings is 1. The van der Waals surface area contributed by atoms with Crippen LogP contribution in [-0.4, -0.2) is 34.3 Å². The minimum atomic E-state index is -2.77. The fourth-order valence-electron chi connectivity index (χ4n) is 4.22. The van der Waals surface area contributed by atoms with Crippen molar-refractivity contribution in [2.75, 3.05) is 23.3 Å². The Hall–Kier alpha value is -4.00. The SMILES string of the molecule is Cc1cc([C@@H](C)Nc2ccccc2C(N)=O)c2nc(N3CCC(F)(F)CC3)c(C#N)c(=O)n2c1. The lowest BCUT2D eigenvalue weighted by molar-refractivity contribution is -0.0221. The van der Waals surface area contributed by atoms with Gasteiger partial charge >= 0.3 is 0 Å². The fraction of sp³-hybridized carbons (Fsp3) is 0.333. The molecule has 0 saturated carbocycles. The summed E-state index contributed by atoms with van der Waals surface area (Å²) in [6, 6.07) is 10.2. The molecule has 4 rings (SSSR count). The van der Waals surface area contributed by atoms with E-state index in [4.69, 9.17) is 5.73 Å². The van der Waals surface area contributed by atoms with Crippen molar-refractivity contribution in [2.45, 2.75) is 38.7 Å². The highest BCUT2D eigenvalue weighted by molar-refractivity contribution is 5.98. The van der Waals surface area contributed by atoms with Crippen molar-refractivity contribution in [2.24, 2.45) is 5.73 Å². The van der Waals surface area contributed by atoms with E-state index in [9.17, 15) is 23.6 Å². The van der Waals surface area contributed by atoms with Gasteiger partial charge < -0.3 is 16.0 Å². The van der Waals surface area contributed by atoms with Crippen molar-refractivity contribution >= 4 is 23.1 Å². The van der Waals surface area contributed by atoms with Crippen LogP contribution in [-0.2, 0) is 0 Å². The van der Waals surface area contributed by atoms with E-state index >= 15 is 0 Å². The quantitative estimate of drug-likeness (QED) is 0.596. The number of alkyl halides is 2. The van der Waals surface area contributed by atoms with Crippen LogP contribution in [0.3, 0.4) is 0 Å². The van der Waals surface area contributed by atoms with Crippen LogP contribution in [0.1, 0.15) is 52.9 Å². The number of fused-ring (bicyclic) bond motifs is 1. The summed E-state index contributed by atoms with van der Waals surface area (Å²) in [6.45, 7) is 3.64. The zero-order chi connectivity index (χ0) is 24.6. The standard InChI is InChI=1S/C24H24F2N6O2/c1-14-11-17(15(2)29-19-6-4-3-5-16(19)20(28)33)22-30-21(18(12-27)23(34)32(22)13-14)31-9-7-24(25,26)8-10-31/h3-6,11,13,15,29H,7-10H2,1-2H3,(H2,28,33)/t15-/m1/s1. The topological polar surface area (TPSA) is 117 Å². The lowest BCUT2D eigenvalue weighted by Crippen LogP contribution is -2.41. The molecule has 1 amide bonds. The van der Waals surface area contributed by atoms with Crippen molar-refractivity contribution in [1.82, 2.24) is 9.38 Å². The highest BCUT2D eigenvalue weighted by Crippen LogP contribution is 2.32. The van der Waals surface area contributed by atoms with Crippen LogP contribution in [0.15, 0.2) is 41.3 Å². The molecule has 176 valence electrons. The van der Waals surface area contributed by atoms with Gasteiger partial charge in [-0.05, 0) is 37.6 Å². The number of benzene rings is 1. The number of hydrogen-bond donors (Lipinski definition) is 2. The number of aryl methyl sites for hydroxylation is 1. The first kappa shape index (κ1) is 23.2. The van der Waals surface area contributed by atoms with E-state index in [1.54, 1.807) is 35.4 Å². The lowest BCUT2D eigenvalue weighted by atomic mass is 10.0. The van der Waals surface area contributed by atoms with Crippen LogP contribution in [0.5, 0.6) is 0 Å². The number of carbonyl (C=O) groups is 1. The van der Waals surface area contributed by atoms with E-state index in [-0.39, 0.29) is 37.3 Å². The molecule has 0 radical (unpaired) electrons. The third-order valence-corrected chi connectivity index (χ3v) is 6.01. The average molecular weight is 466 g/mol. The number of para-hydroxylation sites is 1. The average Bonchev–Trinajstić information content (AvgIpc) is 2.79. The molecule has 1 saturated heterocycles. The molecule has 0 bridgehead atoms. The second-order valence-electron chi connectivity index (χ2n) is 8.51. The Bertz CT molecular complexity index is 1370. The molecule has 34 heavy (non-hydrogen) atoms. The Morgan fingerprint density at radius 1 is 1.29 bits per heavy atom. The number of aromatic nitrogens is 2. The molecular weight excluding hydrogens is 442 g/mol. The minimum absolute atomic E-state index is 0.00865. The van der Waals surface area contributed by atoms with E-state index in [1.807, 2.05) is 26.0 Å². The summed E-state index contributed by atoms with van der Waals surface area (Å²) in [5.41, 5.74) is 7.30. The Balaban J connectivity index is 1.83. The first-order valence-corrected chi connectivity index (χ1v) is 10.9. The number of halogens is 2. The molecule has 0 spiro atoms. The molecule has 3 heterocycles. The van der Waals surface area contributed by atoms with Gasteiger partial charge in [0.2, 0.25) is 0 Å². The summed E-state index contributed by atoms with van der Waals surface area (Å²) in [5.74, 6) is -3.25. The molecule has 1 aliphatic rings. The van der Waals surface area contributed by atoms with E-state index in [0.717, 1.165) is 5.56 Å². The zero-order valence-corrected chi connectivity index (χ0v) is 18.8. The molecule has 1 atom stereocenters. The summed E-state index contributed by atoms with van der Waals surface area (Å²) < 4.78 is 28.7. The number of hydrogen-bond acceptors (Lipinski definition) is 6. The molecule has 0 aliphatic carbocycles. The van der Waals surface area contributed by atoms with Crippen LogP contribution < -0.4 is 21.5 Å². The Kier molecular flexibility index (Phi) is 5.96. The Morgan fingerprint density at radius 3 is 2.62 bits per heavy atom. The molecule has 1 aromatic carbocycles. The van der Waals surface area contributed by atoms with Gasteiger partial charge in [-0.1, -0.05) is 12.1 Å². The van der Waals surface area contributed by atoms with Crippen LogP contribution in [0.4, 0.5) is 20.3 Å². The van der Waals surface area contributed by atoms with E-state index in [1.165, 1.54) is 4.40 Å². The van der Waals surface area contributed by atoms with Gasteiger partial charge in [-0.25, -0.2) is 13.8 Å². The second kappa shape index (κ2) is 8.74. The van der Waals surface area contributed by atoms with Crippen LogP contribution in [0, 0.1) is 18.3 Å². The van der Waals surface area contributed by atoms with Gasteiger partial charge in [-0.15, -0.1) is 0 Å². The number of carbonyl (C=O) groups excluding carboxylic acids is 1. The number of nitrogens with one attached hydrogen (secondary N) is 1. The van der Waals surface area contributed by atoms with Gasteiger partial charge in [-0.2, -0.15) is 5.26 Å². The van der Waals surface area contributed by atoms with Crippen molar-refractivity contribution in [3.63, 3.8) is 0 Å². The highest BCUT2D eigenvalue weighted by Gasteiger charge is 2.35. The van der Waals surface area contributed by atoms with E-state index in [0.29, 0.717) is 22.5 Å². The third kappa shape index (κ3) is 4.29. The molecule has 3 N–H and O–H groups in total. The minimum Gasteiger partial charge on any atom is -0.378 e. The molecule has 3 aromatic rings. The van der Waals surface area contributed by atoms with Gasteiger partial charge in [-0.3, -0.25) is 14.0 Å². The van der Waals surface area contributed by atoms with E-state index < -0.39 is 23.4 Å². The Morgan fingerprint density at radius 2 is 1.97 bits per heavy atom. The van der Waals surface area contributed by atoms with Gasteiger partial charge in [0.05, 0.1) is 11.6 Å². The Labute approximate surface area is 194 Å². The summed E-state index contributed by atoms with van der Waals surface area (Å²) in [4.78, 5) is 31.2. The van der Waals surface area contributed by atoms with Crippen molar-refractivity contribution in [3.05, 3.63) is 69.1 Å². The number of rotatable bonds is 5. The zero-order valence-electron chi connectivity index (χ0n) is 18.8. The molecule has 1 aliphatic heterocycles. The number of nitriles is 1. The first-order valence-electron chi connectivity index (χ1n) is 10.9. The number of pyridine rings is 1. The molecule has 1 fully saturated rings. The van der Waals surface area contributed by atoms with Crippen molar-refractivity contribution < 1.29 is 13.6 Å². The monoisotopic (exact) mass is 466 g/mol. The van der Waals surface area contributed by atoms with Crippen LogP contribution in [0.2, 0.25) is 0 Å². The number of nitrogens with zero attached hydrogens (tertiary/aromatic N) is 4. The molecule has 10 heteroatoms. The predicted molar refractivity (Wildman–Crippen MR) is 124 cm³/mol. The number of primary amides is 1. The normalized spacial score (nSPS) is 16.1. The lowest BCUT2D eigenvalue weighted by Gasteiger charge is -2.33. The molecular formula is C24H24F2N6O2.